The van der Waals surface area contributed by atoms with Crippen LogP contribution in [-0.2, 0) is 10.1 Å². The van der Waals surface area contributed by atoms with E-state index in [1.165, 1.54) is 0 Å². The SMILES string of the molecule is CC1(C)CCC(S(=O)(=O)O)C1. The molecule has 4 heteroatoms. The molecule has 1 atom stereocenters. The van der Waals surface area contributed by atoms with E-state index in [-0.39, 0.29) is 5.41 Å². The first-order valence-corrected chi connectivity index (χ1v) is 5.28. The Hall–Kier alpha value is -0.0900. The first kappa shape index (κ1) is 9.00. The second-order valence-corrected chi connectivity index (χ2v) is 5.74. The largest absolute Gasteiger partial charge is 0.285 e. The molecule has 1 saturated carbocycles. The zero-order chi connectivity index (χ0) is 8.70. The van der Waals surface area contributed by atoms with Crippen molar-refractivity contribution in [2.45, 2.75) is 38.4 Å². The van der Waals surface area contributed by atoms with Crippen molar-refractivity contribution in [1.29, 1.82) is 0 Å². The molecule has 1 unspecified atom stereocenters. The predicted molar refractivity (Wildman–Crippen MR) is 43.0 cm³/mol. The van der Waals surface area contributed by atoms with Gasteiger partial charge in [0.2, 0.25) is 0 Å². The van der Waals surface area contributed by atoms with E-state index >= 15 is 0 Å². The maximum Gasteiger partial charge on any atom is 0.267 e. The Morgan fingerprint density at radius 2 is 2.00 bits per heavy atom. The molecule has 66 valence electrons. The molecule has 1 aliphatic carbocycles. The Morgan fingerprint density at radius 3 is 2.18 bits per heavy atom. The van der Waals surface area contributed by atoms with Crippen LogP contribution in [0.25, 0.3) is 0 Å². The molecule has 0 aliphatic heterocycles. The summed E-state index contributed by atoms with van der Waals surface area (Å²) in [7, 11) is -3.77. The van der Waals surface area contributed by atoms with Gasteiger partial charge >= 0.3 is 0 Å². The standard InChI is InChI=1S/C7H14O3S/c1-7(2)4-3-6(5-7)11(8,9)10/h6H,3-5H2,1-2H3,(H,8,9,10). The van der Waals surface area contributed by atoms with E-state index in [4.69, 9.17) is 4.55 Å². The van der Waals surface area contributed by atoms with Gasteiger partial charge in [0, 0.05) is 0 Å². The summed E-state index contributed by atoms with van der Waals surface area (Å²) in [5.74, 6) is 0. The molecule has 3 nitrogen and oxygen atoms in total. The summed E-state index contributed by atoms with van der Waals surface area (Å²) in [6.07, 6.45) is 2.08. The summed E-state index contributed by atoms with van der Waals surface area (Å²) >= 11 is 0. The molecule has 0 radical (unpaired) electrons. The number of rotatable bonds is 1. The van der Waals surface area contributed by atoms with Gasteiger partial charge < -0.3 is 0 Å². The van der Waals surface area contributed by atoms with Crippen LogP contribution >= 0.6 is 0 Å². The molecule has 0 heterocycles. The molecule has 0 bridgehead atoms. The van der Waals surface area contributed by atoms with Crippen molar-refractivity contribution in [3.05, 3.63) is 0 Å². The lowest BCUT2D eigenvalue weighted by atomic mass is 9.92. The van der Waals surface area contributed by atoms with Crippen LogP contribution in [0.5, 0.6) is 0 Å². The summed E-state index contributed by atoms with van der Waals surface area (Å²) < 4.78 is 30.1. The lowest BCUT2D eigenvalue weighted by Gasteiger charge is -2.15. The van der Waals surface area contributed by atoms with Crippen molar-refractivity contribution >= 4 is 10.1 Å². The monoisotopic (exact) mass is 178 g/mol. The van der Waals surface area contributed by atoms with Gasteiger partial charge in [-0.1, -0.05) is 13.8 Å². The lowest BCUT2D eigenvalue weighted by molar-refractivity contribution is 0.378. The summed E-state index contributed by atoms with van der Waals surface area (Å²) in [4.78, 5) is 0. The molecule has 0 aromatic rings. The zero-order valence-electron chi connectivity index (χ0n) is 6.87. The lowest BCUT2D eigenvalue weighted by Crippen LogP contribution is -2.18. The van der Waals surface area contributed by atoms with Gasteiger partial charge in [-0.05, 0) is 24.7 Å². The molecule has 1 aliphatic rings. The Kier molecular flexibility index (Phi) is 2.01. The van der Waals surface area contributed by atoms with Crippen molar-refractivity contribution in [3.63, 3.8) is 0 Å². The Balaban J connectivity index is 2.71. The van der Waals surface area contributed by atoms with Crippen LogP contribution in [-0.4, -0.2) is 18.2 Å². The van der Waals surface area contributed by atoms with Crippen LogP contribution in [0, 0.1) is 5.41 Å². The third-order valence-electron chi connectivity index (χ3n) is 2.34. The molecule has 11 heavy (non-hydrogen) atoms. The van der Waals surface area contributed by atoms with Gasteiger partial charge in [-0.15, -0.1) is 0 Å². The van der Waals surface area contributed by atoms with Gasteiger partial charge in [0.25, 0.3) is 10.1 Å². The minimum Gasteiger partial charge on any atom is -0.285 e. The van der Waals surface area contributed by atoms with Gasteiger partial charge in [-0.3, -0.25) is 4.55 Å². The van der Waals surface area contributed by atoms with Crippen LogP contribution < -0.4 is 0 Å². The van der Waals surface area contributed by atoms with Crippen molar-refractivity contribution in [2.24, 2.45) is 5.41 Å². The molecule has 0 aromatic carbocycles. The van der Waals surface area contributed by atoms with E-state index in [9.17, 15) is 8.42 Å². The quantitative estimate of drug-likeness (QED) is 0.618. The molecule has 0 aromatic heterocycles. The highest BCUT2D eigenvalue weighted by Gasteiger charge is 2.37. The average Bonchev–Trinajstić information content (AvgIpc) is 2.07. The molecular weight excluding hydrogens is 164 g/mol. The zero-order valence-corrected chi connectivity index (χ0v) is 7.69. The van der Waals surface area contributed by atoms with Crippen molar-refractivity contribution in [3.8, 4) is 0 Å². The van der Waals surface area contributed by atoms with Crippen molar-refractivity contribution < 1.29 is 13.0 Å². The van der Waals surface area contributed by atoms with Crippen LogP contribution in [0.2, 0.25) is 0 Å². The molecule has 1 N–H and O–H groups in total. The third-order valence-corrected chi connectivity index (χ3v) is 3.59. The first-order chi connectivity index (χ1) is 4.81. The Bertz CT molecular complexity index is 240. The number of hydrogen-bond acceptors (Lipinski definition) is 2. The maximum absolute atomic E-state index is 10.7. The van der Waals surface area contributed by atoms with Crippen LogP contribution in [0.3, 0.4) is 0 Å². The third kappa shape index (κ3) is 2.17. The second kappa shape index (κ2) is 2.45. The highest BCUT2D eigenvalue weighted by atomic mass is 32.2. The molecular formula is C7H14O3S. The fourth-order valence-corrected chi connectivity index (χ4v) is 2.70. The van der Waals surface area contributed by atoms with Crippen molar-refractivity contribution in [1.82, 2.24) is 0 Å². The normalized spacial score (nSPS) is 30.6. The highest BCUT2D eigenvalue weighted by Crippen LogP contribution is 2.39. The summed E-state index contributed by atoms with van der Waals surface area (Å²) in [6, 6.07) is 0. The molecule has 0 saturated heterocycles. The van der Waals surface area contributed by atoms with E-state index in [0.717, 1.165) is 6.42 Å². The van der Waals surface area contributed by atoms with Gasteiger partial charge in [0.1, 0.15) is 0 Å². The van der Waals surface area contributed by atoms with Gasteiger partial charge in [-0.2, -0.15) is 8.42 Å². The van der Waals surface area contributed by atoms with E-state index < -0.39 is 15.4 Å². The van der Waals surface area contributed by atoms with Gasteiger partial charge in [0.15, 0.2) is 0 Å². The molecule has 0 spiro atoms. The van der Waals surface area contributed by atoms with Crippen LogP contribution in [0.1, 0.15) is 33.1 Å². The topological polar surface area (TPSA) is 54.4 Å². The highest BCUT2D eigenvalue weighted by molar-refractivity contribution is 7.86. The van der Waals surface area contributed by atoms with Crippen molar-refractivity contribution in [2.75, 3.05) is 0 Å². The van der Waals surface area contributed by atoms with E-state index in [1.807, 2.05) is 13.8 Å². The molecule has 1 rings (SSSR count). The maximum atomic E-state index is 10.7. The predicted octanol–water partition coefficient (Wildman–Crippen LogP) is 1.45. The van der Waals surface area contributed by atoms with E-state index in [2.05, 4.69) is 0 Å². The van der Waals surface area contributed by atoms with Crippen LogP contribution in [0.15, 0.2) is 0 Å². The smallest absolute Gasteiger partial charge is 0.267 e. The first-order valence-electron chi connectivity index (χ1n) is 3.78. The summed E-state index contributed by atoms with van der Waals surface area (Å²) in [6.45, 7) is 4.05. The van der Waals surface area contributed by atoms with Gasteiger partial charge in [-0.25, -0.2) is 0 Å². The fourth-order valence-electron chi connectivity index (χ4n) is 1.63. The number of hydrogen-bond donors (Lipinski definition) is 1. The summed E-state index contributed by atoms with van der Waals surface area (Å²) in [5, 5.41) is -0.516. The molecule has 0 amide bonds. The second-order valence-electron chi connectivity index (χ2n) is 4.04. The van der Waals surface area contributed by atoms with E-state index in [1.54, 1.807) is 0 Å². The minimum atomic E-state index is -3.77. The minimum absolute atomic E-state index is 0.0838. The Morgan fingerprint density at radius 1 is 1.45 bits per heavy atom. The summed E-state index contributed by atoms with van der Waals surface area (Å²) in [5.41, 5.74) is 0.0838. The fraction of sp³-hybridized carbons (Fsp3) is 1.00. The molecule has 1 fully saturated rings. The average molecular weight is 178 g/mol. The Labute approximate surface area is 67.6 Å². The van der Waals surface area contributed by atoms with E-state index in [0.29, 0.717) is 12.8 Å². The van der Waals surface area contributed by atoms with Gasteiger partial charge in [0.05, 0.1) is 5.25 Å². The van der Waals surface area contributed by atoms with Crippen LogP contribution in [0.4, 0.5) is 0 Å².